The molecule has 0 heterocycles. The Bertz CT molecular complexity index is 574. The largest absolute Gasteiger partial charge is 0.478 e. The Hall–Kier alpha value is -1.40. The van der Waals surface area contributed by atoms with Crippen molar-refractivity contribution >= 4 is 16.0 Å². The SMILES string of the molecule is O=C(O)c1ccc(CCNS(=O)(=O)CC2CCCC2)cc1. The molecule has 1 aromatic carbocycles. The van der Waals surface area contributed by atoms with E-state index in [2.05, 4.69) is 4.72 Å². The maximum absolute atomic E-state index is 11.9. The molecular weight excluding hydrogens is 290 g/mol. The molecule has 1 fully saturated rings. The molecule has 0 amide bonds. The molecule has 1 aromatic rings. The first kappa shape index (κ1) is 16.0. The summed E-state index contributed by atoms with van der Waals surface area (Å²) in [6.45, 7) is 0.349. The first-order valence-corrected chi connectivity index (χ1v) is 8.91. The number of carboxylic acid groups (broad SMARTS) is 1. The van der Waals surface area contributed by atoms with E-state index in [-0.39, 0.29) is 11.3 Å². The third-order valence-electron chi connectivity index (χ3n) is 3.87. The first-order valence-electron chi connectivity index (χ1n) is 7.26. The highest BCUT2D eigenvalue weighted by molar-refractivity contribution is 7.89. The zero-order valence-electron chi connectivity index (χ0n) is 11.9. The van der Waals surface area contributed by atoms with Gasteiger partial charge in [-0.2, -0.15) is 0 Å². The third kappa shape index (κ3) is 5.13. The molecule has 0 atom stereocenters. The average Bonchev–Trinajstić information content (AvgIpc) is 2.91. The van der Waals surface area contributed by atoms with Gasteiger partial charge in [-0.05, 0) is 42.9 Å². The maximum Gasteiger partial charge on any atom is 0.335 e. The minimum Gasteiger partial charge on any atom is -0.478 e. The molecule has 5 nitrogen and oxygen atoms in total. The van der Waals surface area contributed by atoms with Crippen molar-refractivity contribution in [2.75, 3.05) is 12.3 Å². The van der Waals surface area contributed by atoms with Crippen LogP contribution < -0.4 is 4.72 Å². The third-order valence-corrected chi connectivity index (χ3v) is 5.42. The topological polar surface area (TPSA) is 83.5 Å². The number of aromatic carboxylic acids is 1. The van der Waals surface area contributed by atoms with Crippen molar-refractivity contribution in [3.05, 3.63) is 35.4 Å². The van der Waals surface area contributed by atoms with Crippen LogP contribution in [0.15, 0.2) is 24.3 Å². The lowest BCUT2D eigenvalue weighted by atomic mass is 10.1. The summed E-state index contributed by atoms with van der Waals surface area (Å²) in [6, 6.07) is 6.50. The molecule has 0 saturated heterocycles. The Morgan fingerprint density at radius 2 is 1.81 bits per heavy atom. The van der Waals surface area contributed by atoms with Crippen LogP contribution in [0.4, 0.5) is 0 Å². The molecule has 0 unspecified atom stereocenters. The van der Waals surface area contributed by atoms with Gasteiger partial charge in [0.25, 0.3) is 0 Å². The Morgan fingerprint density at radius 3 is 2.38 bits per heavy atom. The average molecular weight is 311 g/mol. The maximum atomic E-state index is 11.9. The standard InChI is InChI=1S/C15H21NO4S/c17-15(18)14-7-5-12(6-8-14)9-10-16-21(19,20)11-13-3-1-2-4-13/h5-8,13,16H,1-4,9-11H2,(H,17,18). The van der Waals surface area contributed by atoms with Crippen molar-refractivity contribution in [3.8, 4) is 0 Å². The van der Waals surface area contributed by atoms with Crippen molar-refractivity contribution in [1.82, 2.24) is 4.72 Å². The molecule has 0 aromatic heterocycles. The molecule has 0 bridgehead atoms. The van der Waals surface area contributed by atoms with Gasteiger partial charge in [0.1, 0.15) is 0 Å². The fourth-order valence-electron chi connectivity index (χ4n) is 2.71. The summed E-state index contributed by atoms with van der Waals surface area (Å²) in [5, 5.41) is 8.80. The van der Waals surface area contributed by atoms with Gasteiger partial charge in [0, 0.05) is 6.54 Å². The molecule has 1 aliphatic carbocycles. The van der Waals surface area contributed by atoms with Crippen LogP contribution >= 0.6 is 0 Å². The highest BCUT2D eigenvalue weighted by Gasteiger charge is 2.21. The summed E-state index contributed by atoms with van der Waals surface area (Å²) >= 11 is 0. The van der Waals surface area contributed by atoms with E-state index in [0.29, 0.717) is 18.9 Å². The molecule has 0 radical (unpaired) electrons. The quantitative estimate of drug-likeness (QED) is 0.807. The number of nitrogens with one attached hydrogen (secondary N) is 1. The fraction of sp³-hybridized carbons (Fsp3) is 0.533. The molecule has 0 spiro atoms. The molecule has 1 aliphatic rings. The molecule has 21 heavy (non-hydrogen) atoms. The van der Waals surface area contributed by atoms with Gasteiger partial charge in [-0.1, -0.05) is 25.0 Å². The Kier molecular flexibility index (Phi) is 5.36. The van der Waals surface area contributed by atoms with Crippen LogP contribution in [0.3, 0.4) is 0 Å². The van der Waals surface area contributed by atoms with Gasteiger partial charge >= 0.3 is 5.97 Å². The van der Waals surface area contributed by atoms with Gasteiger partial charge in [0.15, 0.2) is 0 Å². The lowest BCUT2D eigenvalue weighted by molar-refractivity contribution is 0.0697. The van der Waals surface area contributed by atoms with Crippen LogP contribution in [-0.4, -0.2) is 31.8 Å². The monoisotopic (exact) mass is 311 g/mol. The summed E-state index contributed by atoms with van der Waals surface area (Å²) in [5.41, 5.74) is 1.16. The Balaban J connectivity index is 1.78. The van der Waals surface area contributed by atoms with Gasteiger partial charge in [-0.3, -0.25) is 0 Å². The Labute approximate surface area is 125 Å². The molecule has 2 rings (SSSR count). The van der Waals surface area contributed by atoms with Gasteiger partial charge in [0.2, 0.25) is 10.0 Å². The van der Waals surface area contributed by atoms with E-state index in [1.807, 2.05) is 0 Å². The summed E-state index contributed by atoms with van der Waals surface area (Å²) < 4.78 is 26.5. The number of rotatable bonds is 7. The molecule has 1 saturated carbocycles. The number of sulfonamides is 1. The van der Waals surface area contributed by atoms with Crippen LogP contribution in [0.1, 0.15) is 41.6 Å². The van der Waals surface area contributed by atoms with E-state index in [1.165, 1.54) is 12.1 Å². The lowest BCUT2D eigenvalue weighted by Crippen LogP contribution is -2.30. The highest BCUT2D eigenvalue weighted by atomic mass is 32.2. The van der Waals surface area contributed by atoms with Gasteiger partial charge in [-0.15, -0.1) is 0 Å². The number of hydrogen-bond acceptors (Lipinski definition) is 3. The van der Waals surface area contributed by atoms with Crippen LogP contribution in [-0.2, 0) is 16.4 Å². The second-order valence-corrected chi connectivity index (χ2v) is 7.43. The predicted octanol–water partition coefficient (Wildman–Crippen LogP) is 2.04. The Morgan fingerprint density at radius 1 is 1.19 bits per heavy atom. The van der Waals surface area contributed by atoms with E-state index < -0.39 is 16.0 Å². The summed E-state index contributed by atoms with van der Waals surface area (Å²) in [6.07, 6.45) is 4.85. The molecule has 0 aliphatic heterocycles. The van der Waals surface area contributed by atoms with Crippen molar-refractivity contribution < 1.29 is 18.3 Å². The van der Waals surface area contributed by atoms with Gasteiger partial charge in [0.05, 0.1) is 11.3 Å². The fourth-order valence-corrected chi connectivity index (χ4v) is 4.20. The number of hydrogen-bond donors (Lipinski definition) is 2. The van der Waals surface area contributed by atoms with Crippen LogP contribution in [0.2, 0.25) is 0 Å². The van der Waals surface area contributed by atoms with E-state index in [9.17, 15) is 13.2 Å². The molecule has 6 heteroatoms. The highest BCUT2D eigenvalue weighted by Crippen LogP contribution is 2.25. The van der Waals surface area contributed by atoms with E-state index in [4.69, 9.17) is 5.11 Å². The van der Waals surface area contributed by atoms with Crippen molar-refractivity contribution in [1.29, 1.82) is 0 Å². The van der Waals surface area contributed by atoms with Crippen molar-refractivity contribution in [3.63, 3.8) is 0 Å². The number of carbonyl (C=O) groups is 1. The van der Waals surface area contributed by atoms with Gasteiger partial charge < -0.3 is 5.11 Å². The van der Waals surface area contributed by atoms with Crippen LogP contribution in [0, 0.1) is 5.92 Å². The number of carboxylic acids is 1. The van der Waals surface area contributed by atoms with E-state index >= 15 is 0 Å². The minimum absolute atomic E-state index is 0.227. The smallest absolute Gasteiger partial charge is 0.335 e. The summed E-state index contributed by atoms with van der Waals surface area (Å²) in [4.78, 5) is 10.7. The molecule has 116 valence electrons. The minimum atomic E-state index is -3.20. The van der Waals surface area contributed by atoms with E-state index in [0.717, 1.165) is 31.2 Å². The van der Waals surface area contributed by atoms with E-state index in [1.54, 1.807) is 12.1 Å². The zero-order chi connectivity index (χ0) is 15.3. The second kappa shape index (κ2) is 7.04. The number of benzene rings is 1. The second-order valence-electron chi connectivity index (χ2n) is 5.58. The summed E-state index contributed by atoms with van der Waals surface area (Å²) in [7, 11) is -3.20. The van der Waals surface area contributed by atoms with Gasteiger partial charge in [-0.25, -0.2) is 17.9 Å². The van der Waals surface area contributed by atoms with Crippen molar-refractivity contribution in [2.45, 2.75) is 32.1 Å². The summed E-state index contributed by atoms with van der Waals surface area (Å²) in [5.74, 6) is -0.429. The zero-order valence-corrected chi connectivity index (χ0v) is 12.7. The first-order chi connectivity index (χ1) is 9.96. The normalized spacial score (nSPS) is 16.2. The molecular formula is C15H21NO4S. The lowest BCUT2D eigenvalue weighted by Gasteiger charge is -2.11. The predicted molar refractivity (Wildman–Crippen MR) is 80.9 cm³/mol. The van der Waals surface area contributed by atoms with Crippen LogP contribution in [0.5, 0.6) is 0 Å². The van der Waals surface area contributed by atoms with Crippen molar-refractivity contribution in [2.24, 2.45) is 5.92 Å². The van der Waals surface area contributed by atoms with Crippen LogP contribution in [0.25, 0.3) is 0 Å². The molecule has 2 N–H and O–H groups in total.